The second-order valence-electron chi connectivity index (χ2n) is 4.21. The molecule has 1 unspecified atom stereocenters. The van der Waals surface area contributed by atoms with Crippen molar-refractivity contribution in [2.24, 2.45) is 0 Å². The molecule has 2 rings (SSSR count). The standard InChI is InChI=1S/C12H17N3O2/c1-3-15(2)7-11-12(16)14-9-6-8(13)4-5-10(9)17-11/h4-6,11H,3,7,13H2,1-2H3,(H,14,16). The van der Waals surface area contributed by atoms with Crippen LogP contribution in [-0.4, -0.2) is 37.0 Å². The maximum absolute atomic E-state index is 11.8. The third-order valence-electron chi connectivity index (χ3n) is 2.84. The van der Waals surface area contributed by atoms with Gasteiger partial charge >= 0.3 is 0 Å². The van der Waals surface area contributed by atoms with Gasteiger partial charge < -0.3 is 20.7 Å². The number of fused-ring (bicyclic) bond motifs is 1. The van der Waals surface area contributed by atoms with Crippen LogP contribution in [0.3, 0.4) is 0 Å². The van der Waals surface area contributed by atoms with E-state index in [2.05, 4.69) is 5.32 Å². The van der Waals surface area contributed by atoms with Crippen LogP contribution in [0.1, 0.15) is 6.92 Å². The Morgan fingerprint density at radius 3 is 3.00 bits per heavy atom. The maximum atomic E-state index is 11.8. The van der Waals surface area contributed by atoms with E-state index >= 15 is 0 Å². The number of likely N-dealkylation sites (N-methyl/N-ethyl adjacent to an activating group) is 1. The van der Waals surface area contributed by atoms with Gasteiger partial charge in [0.1, 0.15) is 5.75 Å². The minimum absolute atomic E-state index is 0.122. The summed E-state index contributed by atoms with van der Waals surface area (Å²) in [4.78, 5) is 13.9. The molecule has 0 aliphatic carbocycles. The van der Waals surface area contributed by atoms with Crippen molar-refractivity contribution in [3.63, 3.8) is 0 Å². The highest BCUT2D eigenvalue weighted by Gasteiger charge is 2.28. The zero-order valence-corrected chi connectivity index (χ0v) is 10.1. The van der Waals surface area contributed by atoms with Gasteiger partial charge in [-0.05, 0) is 31.8 Å². The summed E-state index contributed by atoms with van der Waals surface area (Å²) in [6, 6.07) is 5.24. The summed E-state index contributed by atoms with van der Waals surface area (Å²) >= 11 is 0. The van der Waals surface area contributed by atoms with Crippen LogP contribution in [0.5, 0.6) is 5.75 Å². The number of hydrogen-bond acceptors (Lipinski definition) is 4. The molecule has 1 heterocycles. The molecule has 3 N–H and O–H groups in total. The molecular formula is C12H17N3O2. The topological polar surface area (TPSA) is 67.6 Å². The summed E-state index contributed by atoms with van der Waals surface area (Å²) in [6.45, 7) is 3.49. The van der Waals surface area contributed by atoms with Gasteiger partial charge in [-0.2, -0.15) is 0 Å². The zero-order chi connectivity index (χ0) is 12.4. The lowest BCUT2D eigenvalue weighted by molar-refractivity contribution is -0.124. The Balaban J connectivity index is 2.15. The Morgan fingerprint density at radius 2 is 2.29 bits per heavy atom. The molecular weight excluding hydrogens is 218 g/mol. The lowest BCUT2D eigenvalue weighted by Gasteiger charge is -2.28. The van der Waals surface area contributed by atoms with Gasteiger partial charge in [-0.25, -0.2) is 0 Å². The average molecular weight is 235 g/mol. The van der Waals surface area contributed by atoms with Crippen molar-refractivity contribution in [3.8, 4) is 5.75 Å². The molecule has 0 saturated heterocycles. The number of nitrogens with one attached hydrogen (secondary N) is 1. The predicted octanol–water partition coefficient (Wildman–Crippen LogP) is 0.920. The Bertz CT molecular complexity index is 434. The van der Waals surface area contributed by atoms with Crippen molar-refractivity contribution >= 4 is 17.3 Å². The molecule has 0 fully saturated rings. The minimum atomic E-state index is -0.462. The molecule has 1 aliphatic heterocycles. The van der Waals surface area contributed by atoms with Gasteiger partial charge in [0.2, 0.25) is 0 Å². The summed E-state index contributed by atoms with van der Waals surface area (Å²) in [5, 5.41) is 2.81. The van der Waals surface area contributed by atoms with Crippen LogP contribution in [0, 0.1) is 0 Å². The fourth-order valence-corrected chi connectivity index (χ4v) is 1.70. The Hall–Kier alpha value is -1.75. The Labute approximate surface area is 101 Å². The highest BCUT2D eigenvalue weighted by Crippen LogP contribution is 2.31. The normalized spacial score (nSPS) is 18.5. The number of ether oxygens (including phenoxy) is 1. The molecule has 5 nitrogen and oxygen atoms in total. The fraction of sp³-hybridized carbons (Fsp3) is 0.417. The quantitative estimate of drug-likeness (QED) is 0.764. The van der Waals surface area contributed by atoms with Gasteiger partial charge in [0.25, 0.3) is 5.91 Å². The van der Waals surface area contributed by atoms with E-state index in [1.165, 1.54) is 0 Å². The van der Waals surface area contributed by atoms with E-state index in [-0.39, 0.29) is 5.91 Å². The lowest BCUT2D eigenvalue weighted by atomic mass is 10.2. The molecule has 1 atom stereocenters. The van der Waals surface area contributed by atoms with Crippen molar-refractivity contribution in [2.45, 2.75) is 13.0 Å². The summed E-state index contributed by atoms with van der Waals surface area (Å²) in [7, 11) is 1.95. The van der Waals surface area contributed by atoms with Crippen molar-refractivity contribution in [3.05, 3.63) is 18.2 Å². The smallest absolute Gasteiger partial charge is 0.266 e. The van der Waals surface area contributed by atoms with E-state index in [1.807, 2.05) is 18.9 Å². The van der Waals surface area contributed by atoms with Crippen LogP contribution in [0.25, 0.3) is 0 Å². The molecule has 5 heteroatoms. The van der Waals surface area contributed by atoms with Gasteiger partial charge in [0.05, 0.1) is 5.69 Å². The van der Waals surface area contributed by atoms with E-state index in [9.17, 15) is 4.79 Å². The van der Waals surface area contributed by atoms with E-state index in [1.54, 1.807) is 18.2 Å². The van der Waals surface area contributed by atoms with Crippen molar-refractivity contribution in [2.75, 3.05) is 31.2 Å². The second kappa shape index (κ2) is 4.63. The van der Waals surface area contributed by atoms with Gasteiger partial charge in [-0.15, -0.1) is 0 Å². The van der Waals surface area contributed by atoms with Gasteiger partial charge in [0.15, 0.2) is 6.10 Å². The average Bonchev–Trinajstić information content (AvgIpc) is 2.30. The molecule has 1 aliphatic rings. The van der Waals surface area contributed by atoms with Gasteiger partial charge in [-0.1, -0.05) is 6.92 Å². The third kappa shape index (κ3) is 2.50. The largest absolute Gasteiger partial charge is 0.477 e. The van der Waals surface area contributed by atoms with Crippen molar-refractivity contribution in [1.29, 1.82) is 0 Å². The van der Waals surface area contributed by atoms with Crippen molar-refractivity contribution < 1.29 is 9.53 Å². The van der Waals surface area contributed by atoms with E-state index in [0.29, 0.717) is 23.7 Å². The van der Waals surface area contributed by atoms with Gasteiger partial charge in [-0.3, -0.25) is 4.79 Å². The zero-order valence-electron chi connectivity index (χ0n) is 10.1. The van der Waals surface area contributed by atoms with Crippen molar-refractivity contribution in [1.82, 2.24) is 4.90 Å². The first kappa shape index (κ1) is 11.7. The molecule has 1 amide bonds. The number of nitrogen functional groups attached to an aromatic ring is 1. The predicted molar refractivity (Wildman–Crippen MR) is 67.1 cm³/mol. The summed E-state index contributed by atoms with van der Waals surface area (Å²) in [5.41, 5.74) is 6.90. The highest BCUT2D eigenvalue weighted by molar-refractivity contribution is 5.98. The number of nitrogens with zero attached hydrogens (tertiary/aromatic N) is 1. The van der Waals surface area contributed by atoms with Crippen LogP contribution in [-0.2, 0) is 4.79 Å². The summed E-state index contributed by atoms with van der Waals surface area (Å²) in [5.74, 6) is 0.553. The molecule has 0 spiro atoms. The van der Waals surface area contributed by atoms with Crippen LogP contribution < -0.4 is 15.8 Å². The minimum Gasteiger partial charge on any atom is -0.477 e. The molecule has 1 aromatic rings. The number of rotatable bonds is 3. The number of carbonyl (C=O) groups is 1. The molecule has 0 radical (unpaired) electrons. The lowest BCUT2D eigenvalue weighted by Crippen LogP contribution is -2.44. The number of amides is 1. The molecule has 0 saturated carbocycles. The monoisotopic (exact) mass is 235 g/mol. The first-order chi connectivity index (χ1) is 8.10. The van der Waals surface area contributed by atoms with Crippen LogP contribution >= 0.6 is 0 Å². The number of benzene rings is 1. The van der Waals surface area contributed by atoms with E-state index in [0.717, 1.165) is 6.54 Å². The number of hydrogen-bond donors (Lipinski definition) is 2. The maximum Gasteiger partial charge on any atom is 0.266 e. The molecule has 0 aromatic heterocycles. The molecule has 0 bridgehead atoms. The molecule has 17 heavy (non-hydrogen) atoms. The van der Waals surface area contributed by atoms with Crippen LogP contribution in [0.4, 0.5) is 11.4 Å². The number of nitrogens with two attached hydrogens (primary N) is 1. The first-order valence-electron chi connectivity index (χ1n) is 5.65. The van der Waals surface area contributed by atoms with Gasteiger partial charge in [0, 0.05) is 12.2 Å². The molecule has 1 aromatic carbocycles. The SMILES string of the molecule is CCN(C)CC1Oc2ccc(N)cc2NC1=O. The van der Waals surface area contributed by atoms with Crippen LogP contribution in [0.15, 0.2) is 18.2 Å². The second-order valence-corrected chi connectivity index (χ2v) is 4.21. The van der Waals surface area contributed by atoms with E-state index in [4.69, 9.17) is 10.5 Å². The van der Waals surface area contributed by atoms with Crippen LogP contribution in [0.2, 0.25) is 0 Å². The van der Waals surface area contributed by atoms with E-state index < -0.39 is 6.10 Å². The molecule has 92 valence electrons. The third-order valence-corrected chi connectivity index (χ3v) is 2.84. The first-order valence-corrected chi connectivity index (χ1v) is 5.65. The Kier molecular flexibility index (Phi) is 3.19. The summed E-state index contributed by atoms with van der Waals surface area (Å²) < 4.78 is 5.66. The number of anilines is 2. The Morgan fingerprint density at radius 1 is 1.53 bits per heavy atom. The number of carbonyl (C=O) groups excluding carboxylic acids is 1. The fourth-order valence-electron chi connectivity index (χ4n) is 1.70. The highest BCUT2D eigenvalue weighted by atomic mass is 16.5. The summed E-state index contributed by atoms with van der Waals surface area (Å²) in [6.07, 6.45) is -0.462.